The molecule has 4 aromatic rings. The number of benzene rings is 2. The van der Waals surface area contributed by atoms with Gasteiger partial charge in [-0.1, -0.05) is 17.3 Å². The highest BCUT2D eigenvalue weighted by Crippen LogP contribution is 2.37. The second-order valence-corrected chi connectivity index (χ2v) is 11.3. The average Bonchev–Trinajstić information content (AvgIpc) is 3.54. The van der Waals surface area contributed by atoms with Crippen molar-refractivity contribution < 1.29 is 37.5 Å². The van der Waals surface area contributed by atoms with Crippen molar-refractivity contribution in [2.24, 2.45) is 0 Å². The second kappa shape index (κ2) is 15.0. The van der Waals surface area contributed by atoms with Crippen LogP contribution in [0.1, 0.15) is 50.2 Å². The number of hydrogen-bond donors (Lipinski definition) is 3. The van der Waals surface area contributed by atoms with Crippen LogP contribution in [0.25, 0.3) is 22.4 Å². The number of nitriles is 1. The van der Waals surface area contributed by atoms with Crippen LogP contribution in [0.3, 0.4) is 0 Å². The van der Waals surface area contributed by atoms with Crippen LogP contribution < -0.4 is 20.7 Å². The maximum Gasteiger partial charge on any atom is 0.407 e. The molecule has 14 heteroatoms. The Morgan fingerprint density at radius 3 is 2.53 bits per heavy atom. The summed E-state index contributed by atoms with van der Waals surface area (Å²) < 4.78 is 35.0. The molecular weight excluding hydrogens is 611 g/mol. The van der Waals surface area contributed by atoms with Gasteiger partial charge in [-0.25, -0.2) is 14.2 Å². The van der Waals surface area contributed by atoms with E-state index in [4.69, 9.17) is 18.7 Å². The summed E-state index contributed by atoms with van der Waals surface area (Å²) in [5.74, 6) is -1.81. The summed E-state index contributed by atoms with van der Waals surface area (Å²) in [4.78, 5) is 42.4. The average molecular weight is 645 g/mol. The Morgan fingerprint density at radius 1 is 1.06 bits per heavy atom. The smallest absolute Gasteiger partial charge is 0.407 e. The Balaban J connectivity index is 1.70. The van der Waals surface area contributed by atoms with Crippen molar-refractivity contribution in [3.63, 3.8) is 0 Å². The van der Waals surface area contributed by atoms with Crippen LogP contribution in [-0.2, 0) is 14.3 Å². The fourth-order valence-electron chi connectivity index (χ4n) is 4.36. The highest BCUT2D eigenvalue weighted by molar-refractivity contribution is 6.03. The molecule has 0 aliphatic rings. The maximum atomic E-state index is 14.2. The SMILES string of the molecule is COCOc1cc(F)ccc1-c1cc(-c2cccc(NC(=O)C[C@H](C)OC(=O)NC(C)(C)C)c2)c(C#N)c(NC(=O)c2ccno2)n1. The summed E-state index contributed by atoms with van der Waals surface area (Å²) in [6.07, 6.45) is -0.174. The predicted octanol–water partition coefficient (Wildman–Crippen LogP) is 5.89. The van der Waals surface area contributed by atoms with Crippen molar-refractivity contribution >= 4 is 29.4 Å². The van der Waals surface area contributed by atoms with E-state index in [-0.39, 0.29) is 41.8 Å². The zero-order valence-electron chi connectivity index (χ0n) is 26.3. The van der Waals surface area contributed by atoms with Gasteiger partial charge in [0.1, 0.15) is 29.3 Å². The van der Waals surface area contributed by atoms with Gasteiger partial charge in [-0.05, 0) is 63.6 Å². The normalized spacial score (nSPS) is 11.6. The summed E-state index contributed by atoms with van der Waals surface area (Å²) in [6.45, 7) is 6.85. The number of halogens is 1. The number of hydrogen-bond acceptors (Lipinski definition) is 10. The Hall–Kier alpha value is -5.81. The molecule has 3 N–H and O–H groups in total. The minimum absolute atomic E-state index is 0.00144. The first-order valence-electron chi connectivity index (χ1n) is 14.3. The molecule has 2 heterocycles. The quantitative estimate of drug-likeness (QED) is 0.167. The molecule has 13 nitrogen and oxygen atoms in total. The zero-order chi connectivity index (χ0) is 34.1. The third kappa shape index (κ3) is 9.35. The summed E-state index contributed by atoms with van der Waals surface area (Å²) in [5, 5.41) is 21.8. The van der Waals surface area contributed by atoms with E-state index in [9.17, 15) is 24.0 Å². The lowest BCUT2D eigenvalue weighted by Crippen LogP contribution is -2.42. The largest absolute Gasteiger partial charge is 0.467 e. The first-order valence-corrected chi connectivity index (χ1v) is 14.3. The number of ether oxygens (including phenoxy) is 3. The minimum atomic E-state index is -0.714. The van der Waals surface area contributed by atoms with E-state index < -0.39 is 35.4 Å². The van der Waals surface area contributed by atoms with E-state index in [1.54, 1.807) is 37.3 Å². The number of rotatable bonds is 11. The van der Waals surface area contributed by atoms with Gasteiger partial charge >= 0.3 is 6.09 Å². The molecule has 0 spiro atoms. The van der Waals surface area contributed by atoms with Crippen molar-refractivity contribution in [2.75, 3.05) is 24.5 Å². The molecule has 0 bridgehead atoms. The monoisotopic (exact) mass is 644 g/mol. The van der Waals surface area contributed by atoms with Crippen LogP contribution in [0, 0.1) is 17.1 Å². The van der Waals surface area contributed by atoms with Crippen LogP contribution in [0.4, 0.5) is 20.7 Å². The van der Waals surface area contributed by atoms with Gasteiger partial charge in [0.15, 0.2) is 12.6 Å². The Kier molecular flexibility index (Phi) is 10.9. The van der Waals surface area contributed by atoms with Crippen LogP contribution in [0.15, 0.2) is 65.3 Å². The summed E-state index contributed by atoms with van der Waals surface area (Å²) in [5.41, 5.74) is 1.28. The fraction of sp³-hybridized carbons (Fsp3) is 0.273. The molecule has 1 atom stereocenters. The van der Waals surface area contributed by atoms with E-state index in [2.05, 4.69) is 32.2 Å². The van der Waals surface area contributed by atoms with E-state index in [0.717, 1.165) is 6.07 Å². The number of aromatic nitrogens is 2. The van der Waals surface area contributed by atoms with Gasteiger partial charge in [-0.3, -0.25) is 9.59 Å². The van der Waals surface area contributed by atoms with E-state index in [1.807, 2.05) is 20.8 Å². The molecule has 47 heavy (non-hydrogen) atoms. The summed E-state index contributed by atoms with van der Waals surface area (Å²) >= 11 is 0. The Labute approximate surface area is 270 Å². The zero-order valence-corrected chi connectivity index (χ0v) is 26.3. The number of pyridine rings is 1. The molecule has 0 radical (unpaired) electrons. The standard InChI is InChI=1S/C33H33FN6O7/c1-19(46-32(43)40-33(2,3)4)13-29(41)37-22-8-6-7-20(14-22)24-16-26(23-10-9-21(34)15-28(23)45-18-44-5)38-30(25(24)17-35)39-31(42)27-11-12-36-47-27/h6-12,14-16,19H,13,18H2,1-5H3,(H,37,41)(H,40,43)(H,38,39,42)/t19-/m0/s1. The van der Waals surface area contributed by atoms with E-state index in [1.165, 1.54) is 31.5 Å². The van der Waals surface area contributed by atoms with Crippen LogP contribution in [-0.4, -0.2) is 53.6 Å². The molecule has 0 fully saturated rings. The minimum Gasteiger partial charge on any atom is -0.467 e. The molecule has 4 rings (SSSR count). The van der Waals surface area contributed by atoms with Crippen LogP contribution in [0.2, 0.25) is 0 Å². The number of nitrogens with zero attached hydrogens (tertiary/aromatic N) is 3. The first-order chi connectivity index (χ1) is 22.4. The van der Waals surface area contributed by atoms with Crippen molar-refractivity contribution in [3.05, 3.63) is 77.9 Å². The van der Waals surface area contributed by atoms with Gasteiger partial charge in [0.05, 0.1) is 18.3 Å². The van der Waals surface area contributed by atoms with Crippen LogP contribution >= 0.6 is 0 Å². The number of carbonyl (C=O) groups excluding carboxylic acids is 3. The van der Waals surface area contributed by atoms with Crippen molar-refractivity contribution in [1.82, 2.24) is 15.5 Å². The Morgan fingerprint density at radius 2 is 1.85 bits per heavy atom. The highest BCUT2D eigenvalue weighted by atomic mass is 19.1. The number of methoxy groups -OCH3 is 1. The number of alkyl carbamates (subject to hydrolysis) is 1. The molecule has 0 saturated carbocycles. The first kappa shape index (κ1) is 34.1. The molecular formula is C33H33FN6O7. The van der Waals surface area contributed by atoms with E-state index >= 15 is 0 Å². The predicted molar refractivity (Wildman–Crippen MR) is 169 cm³/mol. The van der Waals surface area contributed by atoms with Gasteiger partial charge in [-0.15, -0.1) is 0 Å². The number of carbonyl (C=O) groups is 3. The van der Waals surface area contributed by atoms with Gasteiger partial charge in [0.2, 0.25) is 11.7 Å². The Bertz CT molecular complexity index is 1800. The fourth-order valence-corrected chi connectivity index (χ4v) is 4.36. The van der Waals surface area contributed by atoms with Crippen molar-refractivity contribution in [1.29, 1.82) is 5.26 Å². The number of anilines is 2. The summed E-state index contributed by atoms with van der Waals surface area (Å²) in [6, 6.07) is 15.5. The van der Waals surface area contributed by atoms with Gasteiger partial charge in [0, 0.05) is 41.6 Å². The lowest BCUT2D eigenvalue weighted by Gasteiger charge is -2.22. The van der Waals surface area contributed by atoms with Crippen molar-refractivity contribution in [2.45, 2.75) is 45.8 Å². The van der Waals surface area contributed by atoms with Gasteiger partial charge in [-0.2, -0.15) is 5.26 Å². The van der Waals surface area contributed by atoms with Gasteiger partial charge < -0.3 is 34.7 Å². The molecule has 3 amide bonds. The second-order valence-electron chi connectivity index (χ2n) is 11.3. The topological polar surface area (TPSA) is 178 Å². The molecule has 2 aromatic carbocycles. The van der Waals surface area contributed by atoms with Crippen molar-refractivity contribution in [3.8, 4) is 34.2 Å². The molecule has 0 unspecified atom stereocenters. The summed E-state index contributed by atoms with van der Waals surface area (Å²) in [7, 11) is 1.41. The third-order valence-electron chi connectivity index (χ3n) is 6.29. The highest BCUT2D eigenvalue weighted by Gasteiger charge is 2.22. The third-order valence-corrected chi connectivity index (χ3v) is 6.29. The molecule has 0 saturated heterocycles. The molecule has 244 valence electrons. The number of amides is 3. The van der Waals surface area contributed by atoms with Crippen LogP contribution in [0.5, 0.6) is 5.75 Å². The van der Waals surface area contributed by atoms with Gasteiger partial charge in [0.25, 0.3) is 5.91 Å². The maximum absolute atomic E-state index is 14.2. The molecule has 0 aliphatic carbocycles. The lowest BCUT2D eigenvalue weighted by molar-refractivity contribution is -0.117. The van der Waals surface area contributed by atoms with E-state index in [0.29, 0.717) is 22.4 Å². The lowest BCUT2D eigenvalue weighted by atomic mass is 9.97. The number of nitrogens with one attached hydrogen (secondary N) is 3. The molecule has 2 aromatic heterocycles. The molecule has 0 aliphatic heterocycles.